The minimum Gasteiger partial charge on any atom is -0.198 e. The molecule has 0 nitrogen and oxygen atoms in total. The van der Waals surface area contributed by atoms with Crippen LogP contribution in [0.25, 0.3) is 0 Å². The molecule has 0 aromatic heterocycles. The first-order valence-corrected chi connectivity index (χ1v) is 6.99. The van der Waals surface area contributed by atoms with Crippen molar-refractivity contribution in [2.75, 3.05) is 0 Å². The Hall–Kier alpha value is 1.05. The van der Waals surface area contributed by atoms with Gasteiger partial charge in [0, 0.05) is 6.42 Å². The maximum atomic E-state index is 13.2. The minimum atomic E-state index is -6.63. The number of hydrogen-bond acceptors (Lipinski definition) is 0. The third kappa shape index (κ3) is 4.07. The summed E-state index contributed by atoms with van der Waals surface area (Å²) < 4.78 is 120. The van der Waals surface area contributed by atoms with Crippen molar-refractivity contribution in [1.82, 2.24) is 0 Å². The summed E-state index contributed by atoms with van der Waals surface area (Å²) in [6.45, 7) is 0. The van der Waals surface area contributed by atoms with Gasteiger partial charge in [-0.05, 0) is 34.2 Å². The Morgan fingerprint density at radius 2 is 1.15 bits per heavy atom. The van der Waals surface area contributed by atoms with Gasteiger partial charge in [-0.15, -0.1) is 0 Å². The molecule has 122 valence electrons. The fraction of sp³-hybridized carbons (Fsp3) is 1.00. The first kappa shape index (κ1) is 21.0. The smallest absolute Gasteiger partial charge is 0.198 e. The predicted molar refractivity (Wildman–Crippen MR) is 67.0 cm³/mol. The van der Waals surface area contributed by atoms with Crippen molar-refractivity contribution in [2.24, 2.45) is 0 Å². The number of rotatable bonds is 6. The Morgan fingerprint density at radius 3 is 1.40 bits per heavy atom. The van der Waals surface area contributed by atoms with Crippen molar-refractivity contribution in [3.63, 3.8) is 0 Å². The van der Waals surface area contributed by atoms with E-state index in [2.05, 4.69) is 11.6 Å². The van der Waals surface area contributed by atoms with Crippen LogP contribution in [0.15, 0.2) is 0 Å². The number of alkyl halides is 13. The molecule has 0 saturated carbocycles. The average molecular weight is 566 g/mol. The number of halogens is 13. The van der Waals surface area contributed by atoms with E-state index in [1.54, 1.807) is 0 Å². The van der Waals surface area contributed by atoms with Crippen molar-refractivity contribution >= 4 is 56.8 Å². The molecule has 0 aliphatic heterocycles. The first-order valence-electron chi connectivity index (χ1n) is 4.29. The molecule has 20 heavy (non-hydrogen) atoms. The summed E-state index contributed by atoms with van der Waals surface area (Å²) in [6.07, 6.45) is -1.93. The van der Waals surface area contributed by atoms with Crippen LogP contribution in [-0.4, -0.2) is 31.0 Å². The first-order chi connectivity index (χ1) is 8.38. The van der Waals surface area contributed by atoms with E-state index in [4.69, 9.17) is 0 Å². The summed E-state index contributed by atoms with van der Waals surface area (Å²) in [5.41, 5.74) is 0. The number of hydrogen-bond donors (Lipinski definition) is 0. The van der Waals surface area contributed by atoms with Crippen LogP contribution >= 0.6 is 56.8 Å². The van der Waals surface area contributed by atoms with Gasteiger partial charge in [0.25, 0.3) is 3.93 Å². The largest absolute Gasteiger partial charge is 0.392 e. The van der Waals surface area contributed by atoms with Gasteiger partial charge in [0.15, 0.2) is 0 Å². The minimum absolute atomic E-state index is 0.319. The van der Waals surface area contributed by atoms with Gasteiger partial charge in [0.05, 0.1) is 3.92 Å². The lowest BCUT2D eigenvalue weighted by atomic mass is 10.00. The topological polar surface area (TPSA) is 0 Å². The Morgan fingerprint density at radius 1 is 0.800 bits per heavy atom. The molecule has 0 aliphatic carbocycles. The highest BCUT2D eigenvalue weighted by Gasteiger charge is 2.81. The van der Waals surface area contributed by atoms with Gasteiger partial charge in [0.1, 0.15) is 0 Å². The maximum absolute atomic E-state index is 13.2. The van der Waals surface area contributed by atoms with Crippen molar-refractivity contribution in [3.8, 4) is 0 Å². The second-order valence-electron chi connectivity index (χ2n) is 3.56. The van der Waals surface area contributed by atoms with Gasteiger partial charge in [-0.2, -0.15) is 43.9 Å². The summed E-state index contributed by atoms with van der Waals surface area (Å²) >= 11 is 4.39. The van der Waals surface area contributed by atoms with Crippen molar-refractivity contribution in [2.45, 2.75) is 37.4 Å². The van der Waals surface area contributed by atoms with Crippen LogP contribution in [0.5, 0.6) is 0 Å². The van der Waals surface area contributed by atoms with Gasteiger partial charge >= 0.3 is 23.1 Å². The van der Waals surface area contributed by atoms with Crippen molar-refractivity contribution < 1.29 is 43.9 Å². The molecule has 0 radical (unpaired) electrons. The molecule has 0 fully saturated rings. The lowest BCUT2D eigenvalue weighted by molar-refractivity contribution is -0.347. The Kier molecular flexibility index (Phi) is 6.23. The van der Waals surface area contributed by atoms with E-state index in [0.29, 0.717) is 45.2 Å². The lowest BCUT2D eigenvalue weighted by Gasteiger charge is -2.36. The third-order valence-electron chi connectivity index (χ3n) is 1.97. The summed E-state index contributed by atoms with van der Waals surface area (Å²) in [5.74, 6) is -19.1. The third-order valence-corrected chi connectivity index (χ3v) is 3.87. The van der Waals surface area contributed by atoms with E-state index in [1.165, 1.54) is 0 Å². The molecular formula is C7H3ClF10I2. The van der Waals surface area contributed by atoms with Crippen LogP contribution in [0.1, 0.15) is 6.42 Å². The van der Waals surface area contributed by atoms with Crippen LogP contribution in [0, 0.1) is 0 Å². The monoisotopic (exact) mass is 566 g/mol. The molecule has 0 aromatic carbocycles. The molecule has 1 atom stereocenters. The van der Waals surface area contributed by atoms with Crippen LogP contribution in [0.4, 0.5) is 43.9 Å². The highest BCUT2D eigenvalue weighted by atomic mass is 127. The van der Waals surface area contributed by atoms with Gasteiger partial charge < -0.3 is 0 Å². The van der Waals surface area contributed by atoms with Crippen LogP contribution in [-0.2, 0) is 0 Å². The van der Waals surface area contributed by atoms with E-state index >= 15 is 0 Å². The molecule has 1 unspecified atom stereocenters. The predicted octanol–water partition coefficient (Wildman–Crippen LogP) is 5.95. The van der Waals surface area contributed by atoms with Gasteiger partial charge in [-0.1, -0.05) is 22.6 Å². The SMILES string of the molecule is FC(F)(I)CC(I)C(F)(F)C(F)(F)C(F)(F)C(F)(F)Cl. The summed E-state index contributed by atoms with van der Waals surface area (Å²) in [7, 11) is 0. The van der Waals surface area contributed by atoms with E-state index < -0.39 is 37.4 Å². The van der Waals surface area contributed by atoms with Gasteiger partial charge in [-0.25, -0.2) is 0 Å². The molecule has 0 spiro atoms. The molecule has 0 N–H and O–H groups in total. The second kappa shape index (κ2) is 5.92. The Bertz CT molecular complexity index is 346. The standard InChI is InChI=1S/C7H3ClF10I2/c8-7(17,18)6(15,16)5(13,14)4(11,12)2(19)1-3(9,10)20/h2H,1H2. The fourth-order valence-corrected chi connectivity index (χ4v) is 3.26. The fourth-order valence-electron chi connectivity index (χ4n) is 0.915. The zero-order chi connectivity index (χ0) is 16.8. The molecule has 13 heteroatoms. The van der Waals surface area contributed by atoms with Gasteiger partial charge in [0.2, 0.25) is 0 Å². The summed E-state index contributed by atoms with van der Waals surface area (Å²) in [4.78, 5) is 0. The molecule has 0 amide bonds. The average Bonchev–Trinajstić information content (AvgIpc) is 2.12. The molecule has 0 bridgehead atoms. The van der Waals surface area contributed by atoms with E-state index in [0.717, 1.165) is 0 Å². The van der Waals surface area contributed by atoms with Gasteiger partial charge in [-0.3, -0.25) is 0 Å². The van der Waals surface area contributed by atoms with E-state index in [9.17, 15) is 43.9 Å². The Balaban J connectivity index is 5.58. The molecule has 0 heterocycles. The Labute approximate surface area is 137 Å². The molecule has 0 aromatic rings. The van der Waals surface area contributed by atoms with Crippen LogP contribution in [0.3, 0.4) is 0 Å². The lowest BCUT2D eigenvalue weighted by Crippen LogP contribution is -2.63. The van der Waals surface area contributed by atoms with E-state index in [-0.39, 0.29) is 0 Å². The maximum Gasteiger partial charge on any atom is 0.392 e. The highest BCUT2D eigenvalue weighted by Crippen LogP contribution is 2.56. The molecule has 0 rings (SSSR count). The second-order valence-corrected chi connectivity index (χ2v) is 7.11. The van der Waals surface area contributed by atoms with Crippen LogP contribution < -0.4 is 0 Å². The quantitative estimate of drug-likeness (QED) is 0.212. The van der Waals surface area contributed by atoms with Crippen LogP contribution in [0.2, 0.25) is 0 Å². The zero-order valence-electron chi connectivity index (χ0n) is 8.70. The van der Waals surface area contributed by atoms with Crippen molar-refractivity contribution in [1.29, 1.82) is 0 Å². The molecule has 0 aliphatic rings. The summed E-state index contributed by atoms with van der Waals surface area (Å²) in [5, 5.41) is -5.98. The van der Waals surface area contributed by atoms with Crippen molar-refractivity contribution in [3.05, 3.63) is 0 Å². The molecular weight excluding hydrogens is 563 g/mol. The zero-order valence-corrected chi connectivity index (χ0v) is 13.8. The summed E-state index contributed by atoms with van der Waals surface area (Å²) in [6, 6.07) is 0. The highest BCUT2D eigenvalue weighted by molar-refractivity contribution is 14.1. The van der Waals surface area contributed by atoms with E-state index in [1.807, 2.05) is 0 Å². The molecule has 0 saturated heterocycles. The normalized spacial score (nSPS) is 17.2.